The van der Waals surface area contributed by atoms with Crippen molar-refractivity contribution in [3.05, 3.63) is 20.4 Å². The van der Waals surface area contributed by atoms with E-state index in [2.05, 4.69) is 17.1 Å². The molecule has 0 saturated carbocycles. The van der Waals surface area contributed by atoms with Crippen LogP contribution >= 0.6 is 0 Å². The molecule has 0 spiro atoms. The van der Waals surface area contributed by atoms with Crippen LogP contribution in [0.1, 0.15) is 46.0 Å². The number of ether oxygens (including phenoxy) is 1. The van der Waals surface area contributed by atoms with Crippen LogP contribution in [0.3, 0.4) is 0 Å². The third-order valence-electron chi connectivity index (χ3n) is 5.96. The van der Waals surface area contributed by atoms with Crippen LogP contribution in [0.2, 0.25) is 0 Å². The van der Waals surface area contributed by atoms with Crippen molar-refractivity contribution >= 4 is 17.3 Å². The Hall–Kier alpha value is -1.89. The van der Waals surface area contributed by atoms with E-state index < -0.39 is 10.9 Å². The van der Waals surface area contributed by atoms with Gasteiger partial charge in [-0.1, -0.05) is 6.42 Å². The van der Waals surface area contributed by atoms with Crippen molar-refractivity contribution in [1.82, 2.24) is 4.90 Å². The lowest BCUT2D eigenvalue weighted by atomic mass is 9.96. The number of carbonyl (C=O) groups is 1. The van der Waals surface area contributed by atoms with Gasteiger partial charge in [-0.15, -0.1) is 0 Å². The first kappa shape index (κ1) is 19.9. The lowest BCUT2D eigenvalue weighted by Crippen LogP contribution is -2.47. The van der Waals surface area contributed by atoms with Crippen LogP contribution in [0.5, 0.6) is 0 Å². The maximum Gasteiger partial charge on any atom is 0.309 e. The van der Waals surface area contributed by atoms with Gasteiger partial charge in [0.05, 0.1) is 12.5 Å². The van der Waals surface area contributed by atoms with Gasteiger partial charge in [-0.25, -0.2) is 0 Å². The molecule has 7 heteroatoms. The molecule has 0 aromatic heterocycles. The SMILES string of the molecule is CCOC(=O)C1CCN(c2c(NCCN3CCCC[C@@H]3C)c(=O)c2=O)CC1. The number of anilines is 2. The lowest BCUT2D eigenvalue weighted by Gasteiger charge is -2.35. The number of rotatable bonds is 7. The fourth-order valence-corrected chi connectivity index (χ4v) is 4.26. The molecule has 2 aliphatic rings. The summed E-state index contributed by atoms with van der Waals surface area (Å²) in [5.41, 5.74) is 0.149. The average Bonchev–Trinajstić information content (AvgIpc) is 2.68. The third kappa shape index (κ3) is 4.34. The van der Waals surface area contributed by atoms with E-state index in [9.17, 15) is 14.4 Å². The minimum Gasteiger partial charge on any atom is -0.466 e. The van der Waals surface area contributed by atoms with Gasteiger partial charge in [-0.2, -0.15) is 0 Å². The van der Waals surface area contributed by atoms with Crippen LogP contribution < -0.4 is 21.1 Å². The van der Waals surface area contributed by atoms with Crippen LogP contribution in [-0.2, 0) is 9.53 Å². The normalized spacial score (nSPS) is 22.1. The molecule has 27 heavy (non-hydrogen) atoms. The maximum atomic E-state index is 12.1. The molecule has 7 nitrogen and oxygen atoms in total. The number of hydrogen-bond donors (Lipinski definition) is 1. The van der Waals surface area contributed by atoms with Crippen molar-refractivity contribution < 1.29 is 9.53 Å². The average molecular weight is 377 g/mol. The second-order valence-corrected chi connectivity index (χ2v) is 7.70. The number of nitrogens with one attached hydrogen (secondary N) is 1. The van der Waals surface area contributed by atoms with Gasteiger partial charge in [-0.3, -0.25) is 19.3 Å². The lowest BCUT2D eigenvalue weighted by molar-refractivity contribution is -0.148. The highest BCUT2D eigenvalue weighted by Crippen LogP contribution is 2.27. The maximum absolute atomic E-state index is 12.1. The summed E-state index contributed by atoms with van der Waals surface area (Å²) in [5.74, 6) is -0.263. The van der Waals surface area contributed by atoms with Crippen LogP contribution in [0, 0.1) is 5.92 Å². The topological polar surface area (TPSA) is 79.0 Å². The molecule has 2 heterocycles. The van der Waals surface area contributed by atoms with Crippen molar-refractivity contribution in [3.63, 3.8) is 0 Å². The van der Waals surface area contributed by atoms with Gasteiger partial charge in [0.2, 0.25) is 0 Å². The largest absolute Gasteiger partial charge is 0.466 e. The highest BCUT2D eigenvalue weighted by atomic mass is 16.5. The zero-order valence-corrected chi connectivity index (χ0v) is 16.5. The molecule has 1 atom stereocenters. The van der Waals surface area contributed by atoms with Crippen molar-refractivity contribution in [2.45, 2.75) is 52.0 Å². The molecule has 150 valence electrons. The Bertz CT molecular complexity index is 717. The smallest absolute Gasteiger partial charge is 0.309 e. The Morgan fingerprint density at radius 1 is 1.11 bits per heavy atom. The first-order valence-corrected chi connectivity index (χ1v) is 10.3. The summed E-state index contributed by atoms with van der Waals surface area (Å²) >= 11 is 0. The van der Waals surface area contributed by atoms with Crippen molar-refractivity contribution in [2.24, 2.45) is 5.92 Å². The quantitative estimate of drug-likeness (QED) is 0.567. The summed E-state index contributed by atoms with van der Waals surface area (Å²) in [6.45, 7) is 8.29. The Balaban J connectivity index is 1.54. The molecule has 0 unspecified atom stereocenters. The molecule has 0 radical (unpaired) electrons. The molecule has 0 amide bonds. The summed E-state index contributed by atoms with van der Waals surface area (Å²) in [7, 11) is 0. The summed E-state index contributed by atoms with van der Waals surface area (Å²) in [5, 5.41) is 3.20. The van der Waals surface area contributed by atoms with Crippen LogP contribution in [0.25, 0.3) is 0 Å². The number of nitrogens with zero attached hydrogens (tertiary/aromatic N) is 2. The highest BCUT2D eigenvalue weighted by Gasteiger charge is 2.31. The van der Waals surface area contributed by atoms with E-state index in [1.807, 2.05) is 4.90 Å². The number of carbonyl (C=O) groups excluding carboxylic acids is 1. The summed E-state index contributed by atoms with van der Waals surface area (Å²) in [4.78, 5) is 40.4. The molecular formula is C20H31N3O4. The first-order chi connectivity index (χ1) is 13.0. The van der Waals surface area contributed by atoms with Crippen LogP contribution in [-0.4, -0.2) is 56.2 Å². The Morgan fingerprint density at radius 2 is 1.85 bits per heavy atom. The van der Waals surface area contributed by atoms with E-state index in [1.165, 1.54) is 19.3 Å². The molecule has 1 aromatic carbocycles. The zero-order chi connectivity index (χ0) is 19.4. The molecule has 0 aliphatic carbocycles. The Labute approximate surface area is 160 Å². The minimum atomic E-state index is -0.413. The highest BCUT2D eigenvalue weighted by molar-refractivity contribution is 5.76. The molecule has 1 aromatic rings. The second kappa shape index (κ2) is 8.87. The monoisotopic (exact) mass is 377 g/mol. The van der Waals surface area contributed by atoms with Gasteiger partial charge >= 0.3 is 5.97 Å². The summed E-state index contributed by atoms with van der Waals surface area (Å²) in [6, 6.07) is 0.578. The van der Waals surface area contributed by atoms with E-state index in [-0.39, 0.29) is 11.9 Å². The van der Waals surface area contributed by atoms with E-state index in [0.717, 1.165) is 13.1 Å². The second-order valence-electron chi connectivity index (χ2n) is 7.70. The number of hydrogen-bond acceptors (Lipinski definition) is 7. The van der Waals surface area contributed by atoms with Crippen molar-refractivity contribution in [2.75, 3.05) is 49.5 Å². The van der Waals surface area contributed by atoms with Gasteiger partial charge in [0.1, 0.15) is 11.4 Å². The number of piperidine rings is 2. The van der Waals surface area contributed by atoms with Gasteiger partial charge in [0.15, 0.2) is 0 Å². The molecule has 2 saturated heterocycles. The fourth-order valence-electron chi connectivity index (χ4n) is 4.26. The van der Waals surface area contributed by atoms with Crippen LogP contribution in [0.15, 0.2) is 9.59 Å². The summed E-state index contributed by atoms with van der Waals surface area (Å²) in [6.07, 6.45) is 5.05. The standard InChI is InChI=1S/C20H31N3O4/c1-3-27-20(26)15-7-11-23(12-8-15)17-16(18(24)19(17)25)21-9-13-22-10-5-4-6-14(22)2/h14-15,21H,3-13H2,1-2H3/t14-/m0/s1. The summed E-state index contributed by atoms with van der Waals surface area (Å²) < 4.78 is 5.09. The number of esters is 1. The van der Waals surface area contributed by atoms with Gasteiger partial charge in [-0.05, 0) is 46.1 Å². The Morgan fingerprint density at radius 3 is 2.52 bits per heavy atom. The van der Waals surface area contributed by atoms with Gasteiger partial charge in [0.25, 0.3) is 10.9 Å². The zero-order valence-electron chi connectivity index (χ0n) is 16.5. The van der Waals surface area contributed by atoms with Crippen LogP contribution in [0.4, 0.5) is 11.4 Å². The number of likely N-dealkylation sites (tertiary alicyclic amines) is 1. The van der Waals surface area contributed by atoms with E-state index in [1.54, 1.807) is 6.92 Å². The van der Waals surface area contributed by atoms with Crippen molar-refractivity contribution in [3.8, 4) is 0 Å². The third-order valence-corrected chi connectivity index (χ3v) is 5.96. The van der Waals surface area contributed by atoms with E-state index in [4.69, 9.17) is 4.74 Å². The Kier molecular flexibility index (Phi) is 6.52. The minimum absolute atomic E-state index is 0.107. The molecule has 2 aliphatic heterocycles. The predicted octanol–water partition coefficient (Wildman–Crippen LogP) is 1.35. The van der Waals surface area contributed by atoms with Crippen molar-refractivity contribution in [1.29, 1.82) is 0 Å². The van der Waals surface area contributed by atoms with Gasteiger partial charge < -0.3 is 15.0 Å². The first-order valence-electron chi connectivity index (χ1n) is 10.3. The van der Waals surface area contributed by atoms with E-state index in [0.29, 0.717) is 56.5 Å². The predicted molar refractivity (Wildman–Crippen MR) is 106 cm³/mol. The molecular weight excluding hydrogens is 346 g/mol. The van der Waals surface area contributed by atoms with Gasteiger partial charge in [0, 0.05) is 32.2 Å². The molecule has 1 N–H and O–H groups in total. The fraction of sp³-hybridized carbons (Fsp3) is 0.750. The molecule has 0 bridgehead atoms. The molecule has 2 fully saturated rings. The van der Waals surface area contributed by atoms with E-state index >= 15 is 0 Å². The molecule has 3 rings (SSSR count).